The van der Waals surface area contributed by atoms with Crippen LogP contribution in [0.25, 0.3) is 0 Å². The molecular formula is C18H24N2O3. The summed E-state index contributed by atoms with van der Waals surface area (Å²) in [7, 11) is 0. The monoisotopic (exact) mass is 316 g/mol. The lowest BCUT2D eigenvalue weighted by atomic mass is 10.0. The van der Waals surface area contributed by atoms with Crippen molar-refractivity contribution in [3.63, 3.8) is 0 Å². The molecule has 1 N–H and O–H groups in total. The van der Waals surface area contributed by atoms with Gasteiger partial charge in [-0.1, -0.05) is 12.1 Å². The van der Waals surface area contributed by atoms with E-state index in [-0.39, 0.29) is 5.91 Å². The zero-order valence-corrected chi connectivity index (χ0v) is 13.4. The molecule has 1 saturated carbocycles. The zero-order valence-electron chi connectivity index (χ0n) is 13.4. The predicted octanol–water partition coefficient (Wildman–Crippen LogP) is 1.82. The Morgan fingerprint density at radius 2 is 1.87 bits per heavy atom. The molecule has 5 heteroatoms. The normalized spacial score (nSPS) is 24.5. The first-order chi connectivity index (χ1) is 11.3. The van der Waals surface area contributed by atoms with E-state index in [1.807, 2.05) is 29.2 Å². The highest BCUT2D eigenvalue weighted by Crippen LogP contribution is 2.31. The molecule has 1 aromatic carbocycles. The van der Waals surface area contributed by atoms with Crippen molar-refractivity contribution in [1.82, 2.24) is 10.2 Å². The van der Waals surface area contributed by atoms with Crippen LogP contribution in [0.5, 0.6) is 11.5 Å². The van der Waals surface area contributed by atoms with E-state index in [2.05, 4.69) is 5.32 Å². The highest BCUT2D eigenvalue weighted by molar-refractivity contribution is 5.82. The fraction of sp³-hybridized carbons (Fsp3) is 0.611. The third kappa shape index (κ3) is 3.44. The Balaban J connectivity index is 1.28. The molecule has 1 unspecified atom stereocenters. The number of likely N-dealkylation sites (tertiary alicyclic amines) is 1. The van der Waals surface area contributed by atoms with Crippen LogP contribution < -0.4 is 14.8 Å². The highest BCUT2D eigenvalue weighted by atomic mass is 16.6. The van der Waals surface area contributed by atoms with Gasteiger partial charge in [-0.3, -0.25) is 4.79 Å². The van der Waals surface area contributed by atoms with Crippen molar-refractivity contribution in [3.8, 4) is 11.5 Å². The second kappa shape index (κ2) is 6.40. The van der Waals surface area contributed by atoms with Crippen LogP contribution in [0.4, 0.5) is 0 Å². The standard InChI is InChI=1S/C18H24N2O3/c21-18(17-12-22-15-3-1-2-4-16(15)23-17)20-9-7-14(8-10-20)19-11-13-5-6-13/h1-4,13-14,17,19H,5-12H2. The number of rotatable bonds is 4. The molecule has 5 nitrogen and oxygen atoms in total. The molecule has 2 aliphatic heterocycles. The average Bonchev–Trinajstić information content (AvgIpc) is 3.44. The summed E-state index contributed by atoms with van der Waals surface area (Å²) in [4.78, 5) is 14.6. The molecule has 1 atom stereocenters. The first-order valence-electron chi connectivity index (χ1n) is 8.70. The van der Waals surface area contributed by atoms with Gasteiger partial charge >= 0.3 is 0 Å². The van der Waals surface area contributed by atoms with Crippen molar-refractivity contribution in [2.75, 3.05) is 26.2 Å². The van der Waals surface area contributed by atoms with Crippen molar-refractivity contribution >= 4 is 5.91 Å². The maximum atomic E-state index is 12.6. The summed E-state index contributed by atoms with van der Waals surface area (Å²) in [6.07, 6.45) is 4.31. The van der Waals surface area contributed by atoms with Gasteiger partial charge in [0.15, 0.2) is 11.5 Å². The van der Waals surface area contributed by atoms with Crippen LogP contribution in [0, 0.1) is 5.92 Å². The second-order valence-corrected chi connectivity index (χ2v) is 6.82. The van der Waals surface area contributed by atoms with Crippen LogP contribution >= 0.6 is 0 Å². The summed E-state index contributed by atoms with van der Waals surface area (Å²) in [6.45, 7) is 3.07. The molecule has 1 aliphatic carbocycles. The fourth-order valence-corrected chi connectivity index (χ4v) is 3.30. The van der Waals surface area contributed by atoms with E-state index in [1.165, 1.54) is 12.8 Å². The average molecular weight is 316 g/mol. The molecule has 1 saturated heterocycles. The quantitative estimate of drug-likeness (QED) is 0.920. The topological polar surface area (TPSA) is 50.8 Å². The van der Waals surface area contributed by atoms with E-state index in [9.17, 15) is 4.79 Å². The van der Waals surface area contributed by atoms with Gasteiger partial charge in [0.25, 0.3) is 5.91 Å². The maximum absolute atomic E-state index is 12.6. The van der Waals surface area contributed by atoms with E-state index in [4.69, 9.17) is 9.47 Å². The summed E-state index contributed by atoms with van der Waals surface area (Å²) in [5.41, 5.74) is 0. The van der Waals surface area contributed by atoms with Gasteiger partial charge in [-0.15, -0.1) is 0 Å². The van der Waals surface area contributed by atoms with E-state index < -0.39 is 6.10 Å². The summed E-state index contributed by atoms with van der Waals surface area (Å²) in [5.74, 6) is 2.35. The highest BCUT2D eigenvalue weighted by Gasteiger charge is 2.33. The third-order valence-corrected chi connectivity index (χ3v) is 4.98. The molecule has 3 aliphatic rings. The number of carbonyl (C=O) groups is 1. The van der Waals surface area contributed by atoms with E-state index >= 15 is 0 Å². The number of fused-ring (bicyclic) bond motifs is 1. The number of carbonyl (C=O) groups excluding carboxylic acids is 1. The molecule has 2 heterocycles. The Morgan fingerprint density at radius 3 is 2.61 bits per heavy atom. The van der Waals surface area contributed by atoms with Crippen LogP contribution in [0.3, 0.4) is 0 Å². The van der Waals surface area contributed by atoms with E-state index in [0.29, 0.717) is 18.4 Å². The van der Waals surface area contributed by atoms with Crippen LogP contribution in [-0.4, -0.2) is 49.2 Å². The van der Waals surface area contributed by atoms with Crippen LogP contribution in [0.2, 0.25) is 0 Å². The van der Waals surface area contributed by atoms with Crippen molar-refractivity contribution in [1.29, 1.82) is 0 Å². The Labute approximate surface area is 136 Å². The first kappa shape index (κ1) is 14.8. The molecule has 0 aromatic heterocycles. The minimum atomic E-state index is -0.513. The Morgan fingerprint density at radius 1 is 1.13 bits per heavy atom. The number of ether oxygens (including phenoxy) is 2. The molecule has 0 radical (unpaired) electrons. The van der Waals surface area contributed by atoms with Gasteiger partial charge in [0, 0.05) is 19.1 Å². The first-order valence-corrected chi connectivity index (χ1v) is 8.70. The number of hydrogen-bond acceptors (Lipinski definition) is 4. The Kier molecular flexibility index (Phi) is 4.12. The van der Waals surface area contributed by atoms with Gasteiger partial charge in [-0.05, 0) is 50.3 Å². The van der Waals surface area contributed by atoms with Crippen molar-refractivity contribution in [2.24, 2.45) is 5.92 Å². The molecule has 0 bridgehead atoms. The lowest BCUT2D eigenvalue weighted by Crippen LogP contribution is -2.51. The van der Waals surface area contributed by atoms with Crippen LogP contribution in [0.15, 0.2) is 24.3 Å². The van der Waals surface area contributed by atoms with Gasteiger partial charge in [-0.2, -0.15) is 0 Å². The van der Waals surface area contributed by atoms with Gasteiger partial charge in [0.05, 0.1) is 0 Å². The van der Waals surface area contributed by atoms with Crippen molar-refractivity contribution < 1.29 is 14.3 Å². The summed E-state index contributed by atoms with van der Waals surface area (Å²) < 4.78 is 11.5. The molecule has 23 heavy (non-hydrogen) atoms. The zero-order chi connectivity index (χ0) is 15.6. The summed E-state index contributed by atoms with van der Waals surface area (Å²) in [5, 5.41) is 3.64. The number of benzene rings is 1. The second-order valence-electron chi connectivity index (χ2n) is 6.82. The van der Waals surface area contributed by atoms with Crippen LogP contribution in [-0.2, 0) is 4.79 Å². The largest absolute Gasteiger partial charge is 0.485 e. The van der Waals surface area contributed by atoms with Gasteiger partial charge < -0.3 is 19.7 Å². The van der Waals surface area contributed by atoms with Gasteiger partial charge in [0.2, 0.25) is 6.10 Å². The Bertz CT molecular complexity index is 565. The third-order valence-electron chi connectivity index (χ3n) is 4.98. The molecular weight excluding hydrogens is 292 g/mol. The van der Waals surface area contributed by atoms with E-state index in [0.717, 1.165) is 44.1 Å². The van der Waals surface area contributed by atoms with Gasteiger partial charge in [-0.25, -0.2) is 0 Å². The van der Waals surface area contributed by atoms with Gasteiger partial charge in [0.1, 0.15) is 6.61 Å². The predicted molar refractivity (Wildman–Crippen MR) is 86.7 cm³/mol. The fourth-order valence-electron chi connectivity index (χ4n) is 3.30. The van der Waals surface area contributed by atoms with Crippen LogP contribution in [0.1, 0.15) is 25.7 Å². The molecule has 1 aromatic rings. The number of hydrogen-bond donors (Lipinski definition) is 1. The molecule has 124 valence electrons. The summed E-state index contributed by atoms with van der Waals surface area (Å²) >= 11 is 0. The maximum Gasteiger partial charge on any atom is 0.267 e. The number of para-hydroxylation sites is 2. The van der Waals surface area contributed by atoms with E-state index in [1.54, 1.807) is 0 Å². The summed E-state index contributed by atoms with van der Waals surface area (Å²) in [6, 6.07) is 8.08. The lowest BCUT2D eigenvalue weighted by molar-refractivity contribution is -0.142. The van der Waals surface area contributed by atoms with Crippen molar-refractivity contribution in [2.45, 2.75) is 37.8 Å². The molecule has 4 rings (SSSR count). The minimum absolute atomic E-state index is 0.0557. The Hall–Kier alpha value is -1.75. The minimum Gasteiger partial charge on any atom is -0.485 e. The van der Waals surface area contributed by atoms with Crippen molar-refractivity contribution in [3.05, 3.63) is 24.3 Å². The molecule has 1 amide bonds. The number of piperidine rings is 1. The number of nitrogens with zero attached hydrogens (tertiary/aromatic N) is 1. The smallest absolute Gasteiger partial charge is 0.267 e. The number of amides is 1. The number of nitrogens with one attached hydrogen (secondary N) is 1. The molecule has 0 spiro atoms. The molecule has 2 fully saturated rings. The SMILES string of the molecule is O=C(C1COc2ccccc2O1)N1CCC(NCC2CC2)CC1. The lowest BCUT2D eigenvalue weighted by Gasteiger charge is -2.35.